The molecule has 0 aliphatic carbocycles. The molecule has 134 valence electrons. The number of amides is 1. The van der Waals surface area contributed by atoms with Crippen LogP contribution in [-0.4, -0.2) is 38.8 Å². The Labute approximate surface area is 147 Å². The first kappa shape index (κ1) is 19.0. The molecule has 7 nitrogen and oxygen atoms in total. The van der Waals surface area contributed by atoms with E-state index in [4.69, 9.17) is 9.88 Å². The van der Waals surface area contributed by atoms with Gasteiger partial charge in [-0.2, -0.15) is 0 Å². The SMILES string of the molecule is CN(Cc1ccc(F)cc1)C(=O)COC(=O)c1csc(S(N)(=O)=O)c1. The number of carbonyl (C=O) groups is 2. The number of nitrogens with two attached hydrogens (primary N) is 1. The topological polar surface area (TPSA) is 107 Å². The van der Waals surface area contributed by atoms with Crippen molar-refractivity contribution in [1.29, 1.82) is 0 Å². The van der Waals surface area contributed by atoms with E-state index >= 15 is 0 Å². The van der Waals surface area contributed by atoms with E-state index in [1.807, 2.05) is 0 Å². The number of primary sulfonamides is 1. The van der Waals surface area contributed by atoms with Crippen molar-refractivity contribution in [2.75, 3.05) is 13.7 Å². The molecule has 0 radical (unpaired) electrons. The van der Waals surface area contributed by atoms with Crippen LogP contribution in [0.15, 0.2) is 39.9 Å². The van der Waals surface area contributed by atoms with Crippen LogP contribution in [0, 0.1) is 5.82 Å². The summed E-state index contributed by atoms with van der Waals surface area (Å²) in [5, 5.41) is 6.25. The van der Waals surface area contributed by atoms with Gasteiger partial charge < -0.3 is 9.64 Å². The second-order valence-electron chi connectivity index (χ2n) is 5.15. The fraction of sp³-hybridized carbons (Fsp3) is 0.200. The number of halogens is 1. The van der Waals surface area contributed by atoms with Crippen molar-refractivity contribution in [2.45, 2.75) is 10.8 Å². The van der Waals surface area contributed by atoms with E-state index < -0.39 is 28.5 Å². The molecule has 0 saturated heterocycles. The van der Waals surface area contributed by atoms with Gasteiger partial charge >= 0.3 is 5.97 Å². The summed E-state index contributed by atoms with van der Waals surface area (Å²) in [6, 6.07) is 6.76. The monoisotopic (exact) mass is 386 g/mol. The number of hydrogen-bond donors (Lipinski definition) is 1. The Morgan fingerprint density at radius 3 is 2.48 bits per heavy atom. The van der Waals surface area contributed by atoms with Gasteiger partial charge in [-0.1, -0.05) is 12.1 Å². The van der Waals surface area contributed by atoms with Crippen LogP contribution < -0.4 is 5.14 Å². The van der Waals surface area contributed by atoms with Crippen molar-refractivity contribution in [3.63, 3.8) is 0 Å². The zero-order chi connectivity index (χ0) is 18.6. The quantitative estimate of drug-likeness (QED) is 0.754. The third-order valence-electron chi connectivity index (χ3n) is 3.18. The predicted molar refractivity (Wildman–Crippen MR) is 88.8 cm³/mol. The first-order valence-corrected chi connectivity index (χ1v) is 9.36. The summed E-state index contributed by atoms with van der Waals surface area (Å²) in [6.45, 7) is -0.276. The van der Waals surface area contributed by atoms with Crippen LogP contribution in [0.5, 0.6) is 0 Å². The van der Waals surface area contributed by atoms with Crippen LogP contribution in [0.2, 0.25) is 0 Å². The average Bonchev–Trinajstić information content (AvgIpc) is 3.04. The van der Waals surface area contributed by atoms with Gasteiger partial charge in [0.1, 0.15) is 10.0 Å². The number of esters is 1. The minimum absolute atomic E-state index is 0.00279. The molecule has 25 heavy (non-hydrogen) atoms. The standard InChI is InChI=1S/C15H15FN2O5S2/c1-18(7-10-2-4-12(16)5-3-10)13(19)8-23-15(20)11-6-14(24-9-11)25(17,21)22/h2-6,9H,7-8H2,1H3,(H2,17,21,22). The molecule has 2 aromatic rings. The molecule has 1 heterocycles. The highest BCUT2D eigenvalue weighted by molar-refractivity contribution is 7.91. The second kappa shape index (κ2) is 7.72. The molecule has 1 aromatic carbocycles. The highest BCUT2D eigenvalue weighted by Gasteiger charge is 2.18. The van der Waals surface area contributed by atoms with Crippen molar-refractivity contribution in [1.82, 2.24) is 4.90 Å². The molecule has 2 N–H and O–H groups in total. The van der Waals surface area contributed by atoms with Gasteiger partial charge in [-0.25, -0.2) is 22.7 Å². The smallest absolute Gasteiger partial charge is 0.339 e. The third-order valence-corrected chi connectivity index (χ3v) is 5.56. The van der Waals surface area contributed by atoms with E-state index in [1.54, 1.807) is 12.1 Å². The Balaban J connectivity index is 1.89. The molecule has 0 fully saturated rings. The average molecular weight is 386 g/mol. The Hall–Kier alpha value is -2.30. The first-order chi connectivity index (χ1) is 11.7. The van der Waals surface area contributed by atoms with E-state index in [0.717, 1.165) is 23.0 Å². The summed E-state index contributed by atoms with van der Waals surface area (Å²) in [4.78, 5) is 25.1. The number of hydrogen-bond acceptors (Lipinski definition) is 6. The third kappa shape index (κ3) is 5.34. The largest absolute Gasteiger partial charge is 0.452 e. The molecule has 2 rings (SSSR count). The molecule has 0 aliphatic heterocycles. The van der Waals surface area contributed by atoms with Gasteiger partial charge in [0.05, 0.1) is 5.56 Å². The van der Waals surface area contributed by atoms with E-state index in [1.165, 1.54) is 29.5 Å². The summed E-state index contributed by atoms with van der Waals surface area (Å²) in [5.74, 6) is -1.66. The maximum atomic E-state index is 12.8. The number of ether oxygens (including phenoxy) is 1. The zero-order valence-corrected chi connectivity index (χ0v) is 14.8. The number of likely N-dealkylation sites (N-methyl/N-ethyl adjacent to an activating group) is 1. The highest BCUT2D eigenvalue weighted by Crippen LogP contribution is 2.19. The van der Waals surface area contributed by atoms with Crippen molar-refractivity contribution in [3.8, 4) is 0 Å². The Kier molecular flexibility index (Phi) is 5.88. The van der Waals surface area contributed by atoms with Gasteiger partial charge in [-0.15, -0.1) is 11.3 Å². The van der Waals surface area contributed by atoms with Crippen LogP contribution in [0.1, 0.15) is 15.9 Å². The molecular formula is C15H15FN2O5S2. The predicted octanol–water partition coefficient (Wildman–Crippen LogP) is 1.35. The summed E-state index contributed by atoms with van der Waals surface area (Å²) in [7, 11) is -2.37. The lowest BCUT2D eigenvalue weighted by molar-refractivity contribution is -0.133. The lowest BCUT2D eigenvalue weighted by Gasteiger charge is -2.17. The molecule has 0 unspecified atom stereocenters. The van der Waals surface area contributed by atoms with E-state index in [2.05, 4.69) is 0 Å². The van der Waals surface area contributed by atoms with Gasteiger partial charge in [0.2, 0.25) is 10.0 Å². The van der Waals surface area contributed by atoms with Crippen LogP contribution in [0.25, 0.3) is 0 Å². The van der Waals surface area contributed by atoms with E-state index in [-0.39, 0.29) is 22.1 Å². The molecule has 0 atom stereocenters. The van der Waals surface area contributed by atoms with E-state index in [9.17, 15) is 22.4 Å². The number of carbonyl (C=O) groups excluding carboxylic acids is 2. The fourth-order valence-electron chi connectivity index (χ4n) is 1.85. The van der Waals surface area contributed by atoms with Crippen molar-refractivity contribution >= 4 is 33.2 Å². The molecule has 10 heteroatoms. The minimum atomic E-state index is -3.89. The van der Waals surface area contributed by atoms with Crippen LogP contribution in [0.4, 0.5) is 4.39 Å². The molecule has 0 spiro atoms. The lowest BCUT2D eigenvalue weighted by atomic mass is 10.2. The summed E-state index contributed by atoms with van der Waals surface area (Å²) in [5.41, 5.74) is 0.724. The maximum Gasteiger partial charge on any atom is 0.339 e. The minimum Gasteiger partial charge on any atom is -0.452 e. The summed E-state index contributed by atoms with van der Waals surface area (Å²) < 4.78 is 39.9. The molecule has 0 aliphatic rings. The normalized spacial score (nSPS) is 11.2. The molecule has 0 saturated carbocycles. The molecule has 0 bridgehead atoms. The Morgan fingerprint density at radius 1 is 1.28 bits per heavy atom. The molecular weight excluding hydrogens is 371 g/mol. The van der Waals surface area contributed by atoms with Crippen LogP contribution >= 0.6 is 11.3 Å². The van der Waals surface area contributed by atoms with Gasteiger partial charge in [0, 0.05) is 19.0 Å². The van der Waals surface area contributed by atoms with Gasteiger partial charge in [0.25, 0.3) is 5.91 Å². The van der Waals surface area contributed by atoms with Crippen LogP contribution in [0.3, 0.4) is 0 Å². The maximum absolute atomic E-state index is 12.8. The number of thiophene rings is 1. The Morgan fingerprint density at radius 2 is 1.92 bits per heavy atom. The number of rotatable bonds is 6. The van der Waals surface area contributed by atoms with Gasteiger partial charge in [-0.3, -0.25) is 4.79 Å². The zero-order valence-electron chi connectivity index (χ0n) is 13.1. The summed E-state index contributed by atoms with van der Waals surface area (Å²) in [6.07, 6.45) is 0. The summed E-state index contributed by atoms with van der Waals surface area (Å²) >= 11 is 0.789. The lowest BCUT2D eigenvalue weighted by Crippen LogP contribution is -2.30. The van der Waals surface area contributed by atoms with Crippen molar-refractivity contribution < 1.29 is 27.1 Å². The van der Waals surface area contributed by atoms with Crippen LogP contribution in [-0.2, 0) is 26.1 Å². The fourth-order valence-corrected chi connectivity index (χ4v) is 3.42. The van der Waals surface area contributed by atoms with Crippen molar-refractivity contribution in [3.05, 3.63) is 52.7 Å². The first-order valence-electron chi connectivity index (χ1n) is 6.93. The number of nitrogens with zero attached hydrogens (tertiary/aromatic N) is 1. The van der Waals surface area contributed by atoms with E-state index in [0.29, 0.717) is 0 Å². The van der Waals surface area contributed by atoms with Crippen molar-refractivity contribution in [2.24, 2.45) is 5.14 Å². The van der Waals surface area contributed by atoms with Gasteiger partial charge in [-0.05, 0) is 23.8 Å². The number of sulfonamides is 1. The highest BCUT2D eigenvalue weighted by atomic mass is 32.2. The molecule has 1 aromatic heterocycles. The Bertz CT molecular complexity index is 878. The second-order valence-corrected chi connectivity index (χ2v) is 7.85. The van der Waals surface area contributed by atoms with Gasteiger partial charge in [0.15, 0.2) is 6.61 Å². The number of benzene rings is 1. The molecule has 1 amide bonds.